The number of carbonyl (C=O) groups excluding carboxylic acids is 1. The maximum Gasteiger partial charge on any atom is 0.272 e. The molecule has 0 saturated carbocycles. The monoisotopic (exact) mass is 293 g/mol. The van der Waals surface area contributed by atoms with E-state index < -0.39 is 4.92 Å². The van der Waals surface area contributed by atoms with Crippen molar-refractivity contribution in [3.05, 3.63) is 33.4 Å². The van der Waals surface area contributed by atoms with Crippen LogP contribution in [0, 0.1) is 24.0 Å². The molecule has 1 aliphatic rings. The Labute approximate surface area is 122 Å². The lowest BCUT2D eigenvalue weighted by atomic mass is 10.1. The molecule has 1 amide bonds. The van der Waals surface area contributed by atoms with Crippen molar-refractivity contribution in [2.45, 2.75) is 26.3 Å². The normalized spacial score (nSPS) is 18.3. The predicted octanol–water partition coefficient (Wildman–Crippen LogP) is 1.53. The van der Waals surface area contributed by atoms with Crippen molar-refractivity contribution < 1.29 is 14.5 Å². The van der Waals surface area contributed by atoms with Crippen LogP contribution in [-0.2, 0) is 9.53 Å². The molecule has 114 valence electrons. The molecule has 1 heterocycles. The van der Waals surface area contributed by atoms with Gasteiger partial charge in [-0.05, 0) is 25.5 Å². The largest absolute Gasteiger partial charge is 0.378 e. The van der Waals surface area contributed by atoms with Crippen molar-refractivity contribution in [1.29, 1.82) is 0 Å². The number of nitro benzene ring substituents is 1. The first-order valence-electron chi connectivity index (χ1n) is 6.84. The van der Waals surface area contributed by atoms with Gasteiger partial charge < -0.3 is 15.4 Å². The average molecular weight is 293 g/mol. The van der Waals surface area contributed by atoms with E-state index in [-0.39, 0.29) is 17.6 Å². The summed E-state index contributed by atoms with van der Waals surface area (Å²) in [7, 11) is 0. The van der Waals surface area contributed by atoms with E-state index in [9.17, 15) is 14.9 Å². The number of morpholine rings is 1. The molecule has 0 aromatic heterocycles. The molecular weight excluding hydrogens is 274 g/mol. The first kappa shape index (κ1) is 15.4. The minimum absolute atomic E-state index is 0.0122. The molecule has 1 fully saturated rings. The van der Waals surface area contributed by atoms with Crippen molar-refractivity contribution in [2.75, 3.05) is 25.1 Å². The Bertz CT molecular complexity index is 553. The highest BCUT2D eigenvalue weighted by atomic mass is 16.6. The Morgan fingerprint density at radius 2 is 2.24 bits per heavy atom. The predicted molar refractivity (Wildman–Crippen MR) is 78.4 cm³/mol. The number of nitro groups is 1. The van der Waals surface area contributed by atoms with Crippen LogP contribution in [0.25, 0.3) is 0 Å². The van der Waals surface area contributed by atoms with Crippen molar-refractivity contribution in [2.24, 2.45) is 0 Å². The Morgan fingerprint density at radius 1 is 1.48 bits per heavy atom. The summed E-state index contributed by atoms with van der Waals surface area (Å²) in [4.78, 5) is 22.5. The molecule has 21 heavy (non-hydrogen) atoms. The molecule has 1 aromatic rings. The molecule has 2 rings (SSSR count). The first-order chi connectivity index (χ1) is 9.97. The zero-order valence-electron chi connectivity index (χ0n) is 12.1. The van der Waals surface area contributed by atoms with Gasteiger partial charge in [0, 0.05) is 36.3 Å². The van der Waals surface area contributed by atoms with Crippen molar-refractivity contribution in [1.82, 2.24) is 5.32 Å². The minimum Gasteiger partial charge on any atom is -0.378 e. The van der Waals surface area contributed by atoms with Gasteiger partial charge in [0.15, 0.2) is 0 Å². The van der Waals surface area contributed by atoms with Gasteiger partial charge >= 0.3 is 0 Å². The molecule has 0 bridgehead atoms. The number of ether oxygens (including phenoxy) is 1. The lowest BCUT2D eigenvalue weighted by Gasteiger charge is -2.23. The van der Waals surface area contributed by atoms with Gasteiger partial charge in [0.1, 0.15) is 0 Å². The summed E-state index contributed by atoms with van der Waals surface area (Å²) in [5.74, 6) is -0.130. The molecule has 0 spiro atoms. The third kappa shape index (κ3) is 3.99. The van der Waals surface area contributed by atoms with Gasteiger partial charge in [-0.2, -0.15) is 0 Å². The van der Waals surface area contributed by atoms with Gasteiger partial charge in [-0.1, -0.05) is 0 Å². The summed E-state index contributed by atoms with van der Waals surface area (Å²) in [5.41, 5.74) is 1.88. The first-order valence-corrected chi connectivity index (χ1v) is 6.84. The summed E-state index contributed by atoms with van der Waals surface area (Å²) < 4.78 is 5.30. The van der Waals surface area contributed by atoms with E-state index in [0.717, 1.165) is 6.54 Å². The van der Waals surface area contributed by atoms with Crippen LogP contribution < -0.4 is 10.6 Å². The molecule has 1 aromatic carbocycles. The lowest BCUT2D eigenvalue weighted by molar-refractivity contribution is -0.385. The summed E-state index contributed by atoms with van der Waals surface area (Å²) in [6.07, 6.45) is 0.315. The highest BCUT2D eigenvalue weighted by Crippen LogP contribution is 2.26. The minimum atomic E-state index is -0.419. The van der Waals surface area contributed by atoms with Crippen molar-refractivity contribution in [3.8, 4) is 0 Å². The molecule has 1 atom stereocenters. The number of amides is 1. The number of aryl methyl sites for hydroxylation is 2. The van der Waals surface area contributed by atoms with Crippen LogP contribution in [0.3, 0.4) is 0 Å². The number of carbonyl (C=O) groups is 1. The standard InChI is InChI=1S/C14H19N3O4/c1-9-6-13(17(19)20)10(2)5-12(9)16-14(18)7-11-8-21-4-3-15-11/h5-6,11,15H,3-4,7-8H2,1-2H3,(H,16,18). The zero-order chi connectivity index (χ0) is 15.4. The van der Waals surface area contributed by atoms with Crippen LogP contribution in [0.2, 0.25) is 0 Å². The highest BCUT2D eigenvalue weighted by Gasteiger charge is 2.19. The number of hydrogen-bond donors (Lipinski definition) is 2. The second kappa shape index (κ2) is 6.64. The van der Waals surface area contributed by atoms with E-state index in [1.807, 2.05) is 0 Å². The third-order valence-corrected chi connectivity index (χ3v) is 3.44. The van der Waals surface area contributed by atoms with Crippen LogP contribution >= 0.6 is 0 Å². The summed E-state index contributed by atoms with van der Waals surface area (Å²) in [6, 6.07) is 3.13. The number of anilines is 1. The topological polar surface area (TPSA) is 93.5 Å². The van der Waals surface area contributed by atoms with E-state index in [4.69, 9.17) is 4.74 Å². The lowest BCUT2D eigenvalue weighted by Crippen LogP contribution is -2.43. The molecular formula is C14H19N3O4. The Kier molecular flexibility index (Phi) is 4.87. The van der Waals surface area contributed by atoms with Gasteiger partial charge in [-0.15, -0.1) is 0 Å². The second-order valence-corrected chi connectivity index (χ2v) is 5.19. The summed E-state index contributed by atoms with van der Waals surface area (Å²) in [6.45, 7) is 5.33. The van der Waals surface area contributed by atoms with E-state index in [1.165, 1.54) is 6.07 Å². The van der Waals surface area contributed by atoms with E-state index in [0.29, 0.717) is 36.4 Å². The molecule has 2 N–H and O–H groups in total. The molecule has 1 unspecified atom stereocenters. The van der Waals surface area contributed by atoms with Crippen molar-refractivity contribution in [3.63, 3.8) is 0 Å². The molecule has 7 nitrogen and oxygen atoms in total. The fourth-order valence-corrected chi connectivity index (χ4v) is 2.31. The Hall–Kier alpha value is -1.99. The molecule has 1 aliphatic heterocycles. The molecule has 7 heteroatoms. The van der Waals surface area contributed by atoms with Gasteiger partial charge in [-0.25, -0.2) is 0 Å². The quantitative estimate of drug-likeness (QED) is 0.648. The third-order valence-electron chi connectivity index (χ3n) is 3.44. The summed E-state index contributed by atoms with van der Waals surface area (Å²) >= 11 is 0. The molecule has 0 aliphatic carbocycles. The molecule has 0 radical (unpaired) electrons. The number of benzene rings is 1. The SMILES string of the molecule is Cc1cc([N+](=O)[O-])c(C)cc1NC(=O)CC1COCCN1. The Morgan fingerprint density at radius 3 is 2.86 bits per heavy atom. The zero-order valence-corrected chi connectivity index (χ0v) is 12.1. The number of nitrogens with zero attached hydrogens (tertiary/aromatic N) is 1. The second-order valence-electron chi connectivity index (χ2n) is 5.19. The molecule has 1 saturated heterocycles. The van der Waals surface area contributed by atoms with Crippen LogP contribution in [0.5, 0.6) is 0 Å². The van der Waals surface area contributed by atoms with E-state index in [1.54, 1.807) is 19.9 Å². The smallest absolute Gasteiger partial charge is 0.272 e. The number of hydrogen-bond acceptors (Lipinski definition) is 5. The Balaban J connectivity index is 2.03. The fraction of sp³-hybridized carbons (Fsp3) is 0.500. The van der Waals surface area contributed by atoms with Crippen molar-refractivity contribution >= 4 is 17.3 Å². The van der Waals surface area contributed by atoms with Crippen LogP contribution in [0.4, 0.5) is 11.4 Å². The summed E-state index contributed by atoms with van der Waals surface area (Å²) in [5, 5.41) is 16.9. The van der Waals surface area contributed by atoms with E-state index >= 15 is 0 Å². The number of rotatable bonds is 4. The maximum absolute atomic E-state index is 12.0. The van der Waals surface area contributed by atoms with Gasteiger partial charge in [0.2, 0.25) is 5.91 Å². The average Bonchev–Trinajstić information content (AvgIpc) is 2.43. The fourth-order valence-electron chi connectivity index (χ4n) is 2.31. The van der Waals surface area contributed by atoms with E-state index in [2.05, 4.69) is 10.6 Å². The highest BCUT2D eigenvalue weighted by molar-refractivity contribution is 5.92. The van der Waals surface area contributed by atoms with Gasteiger partial charge in [0.25, 0.3) is 5.69 Å². The van der Waals surface area contributed by atoms with Crippen LogP contribution in [0.15, 0.2) is 12.1 Å². The maximum atomic E-state index is 12.0. The van der Waals surface area contributed by atoms with Crippen LogP contribution in [-0.4, -0.2) is 36.6 Å². The van der Waals surface area contributed by atoms with Gasteiger partial charge in [0.05, 0.1) is 18.1 Å². The number of nitrogens with one attached hydrogen (secondary N) is 2. The van der Waals surface area contributed by atoms with Gasteiger partial charge in [-0.3, -0.25) is 14.9 Å². The van der Waals surface area contributed by atoms with Crippen LogP contribution in [0.1, 0.15) is 17.5 Å².